The largest absolute Gasteiger partial charge is 0.309 e. The van der Waals surface area contributed by atoms with E-state index in [0.29, 0.717) is 0 Å². The second-order valence-corrected chi connectivity index (χ2v) is 12.5. The summed E-state index contributed by atoms with van der Waals surface area (Å²) in [4.78, 5) is 6.73. The van der Waals surface area contributed by atoms with Crippen molar-refractivity contribution in [1.29, 1.82) is 0 Å². The number of nitrogens with zero attached hydrogens (tertiary/aromatic N) is 3. The van der Waals surface area contributed by atoms with Crippen molar-refractivity contribution in [2.24, 2.45) is 0 Å². The second kappa shape index (κ2) is 12.7. The van der Waals surface area contributed by atoms with Crippen LogP contribution in [0.15, 0.2) is 200 Å². The van der Waals surface area contributed by atoms with E-state index in [2.05, 4.69) is 196 Å². The summed E-state index contributed by atoms with van der Waals surface area (Å²) in [6.45, 7) is 0. The Morgan fingerprint density at radius 3 is 1.70 bits per heavy atom. The lowest BCUT2D eigenvalue weighted by atomic mass is 9.97. The molecule has 0 N–H and O–H groups in total. The fourth-order valence-electron chi connectivity index (χ4n) is 7.08. The van der Waals surface area contributed by atoms with Gasteiger partial charge in [-0.1, -0.05) is 115 Å². The van der Waals surface area contributed by atoms with Gasteiger partial charge in [-0.2, -0.15) is 0 Å². The van der Waals surface area contributed by atoms with Gasteiger partial charge >= 0.3 is 0 Å². The van der Waals surface area contributed by atoms with Gasteiger partial charge in [0.2, 0.25) is 0 Å². The smallest absolute Gasteiger partial charge is 0.0644 e. The molecule has 9 aromatic rings. The fourth-order valence-corrected chi connectivity index (χ4v) is 7.08. The number of benzene rings is 7. The molecule has 9 rings (SSSR count). The summed E-state index contributed by atoms with van der Waals surface area (Å²) < 4.78 is 2.36. The molecule has 0 saturated carbocycles. The lowest BCUT2D eigenvalue weighted by molar-refractivity contribution is 1.18. The Balaban J connectivity index is 1.10. The highest BCUT2D eigenvalue weighted by Crippen LogP contribution is 2.39. The third-order valence-electron chi connectivity index (χ3n) is 9.46. The molecule has 2 aromatic heterocycles. The van der Waals surface area contributed by atoms with E-state index >= 15 is 0 Å². The van der Waals surface area contributed by atoms with Gasteiger partial charge < -0.3 is 9.47 Å². The minimum Gasteiger partial charge on any atom is -0.309 e. The molecule has 0 aliphatic rings. The van der Waals surface area contributed by atoms with Gasteiger partial charge in [0.25, 0.3) is 0 Å². The number of anilines is 3. The molecule has 0 spiro atoms. The summed E-state index contributed by atoms with van der Waals surface area (Å²) in [5.74, 6) is 0. The van der Waals surface area contributed by atoms with Crippen molar-refractivity contribution in [1.82, 2.24) is 9.55 Å². The van der Waals surface area contributed by atoms with Crippen LogP contribution in [0.1, 0.15) is 0 Å². The molecule has 0 radical (unpaired) electrons. The third-order valence-corrected chi connectivity index (χ3v) is 9.46. The number of para-hydroxylation sites is 2. The topological polar surface area (TPSA) is 21.1 Å². The first kappa shape index (κ1) is 29.4. The molecule has 7 aromatic carbocycles. The Bertz CT molecular complexity index is 2570. The van der Waals surface area contributed by atoms with Crippen LogP contribution in [0.2, 0.25) is 0 Å². The molecule has 0 unspecified atom stereocenters. The zero-order valence-corrected chi connectivity index (χ0v) is 27.4. The van der Waals surface area contributed by atoms with Gasteiger partial charge in [0.1, 0.15) is 0 Å². The van der Waals surface area contributed by atoms with E-state index < -0.39 is 0 Å². The maximum absolute atomic E-state index is 4.46. The van der Waals surface area contributed by atoms with Crippen LogP contribution in [0, 0.1) is 0 Å². The van der Waals surface area contributed by atoms with E-state index in [1.54, 1.807) is 0 Å². The Hall–Kier alpha value is -6.71. The molecule has 0 amide bonds. The highest BCUT2D eigenvalue weighted by atomic mass is 15.1. The highest BCUT2D eigenvalue weighted by Gasteiger charge is 2.16. The van der Waals surface area contributed by atoms with Crippen molar-refractivity contribution < 1.29 is 0 Å². The summed E-state index contributed by atoms with van der Waals surface area (Å²) >= 11 is 0. The maximum Gasteiger partial charge on any atom is 0.0644 e. The van der Waals surface area contributed by atoms with Crippen LogP contribution in [0.3, 0.4) is 0 Å². The van der Waals surface area contributed by atoms with Crippen molar-refractivity contribution in [3.05, 3.63) is 200 Å². The summed E-state index contributed by atoms with van der Waals surface area (Å²) in [5, 5.41) is 2.50. The van der Waals surface area contributed by atoms with E-state index in [9.17, 15) is 0 Å². The number of hydrogen-bond donors (Lipinski definition) is 0. The van der Waals surface area contributed by atoms with Gasteiger partial charge in [-0.15, -0.1) is 0 Å². The third kappa shape index (κ3) is 5.41. The standard InChI is InChI=1S/C47H33N3/c1-3-12-34(13-4-1)35-23-26-41(27-24-35)49(43-20-11-29-48-33-43)42-19-10-16-38(31-42)36-14-9-15-37(30-36)39-25-28-47-45(32-39)44-21-7-8-22-46(44)50(47)40-17-5-2-6-18-40/h1-33H. The molecule has 2 heterocycles. The van der Waals surface area contributed by atoms with Gasteiger partial charge in [-0.25, -0.2) is 0 Å². The Morgan fingerprint density at radius 2 is 0.940 bits per heavy atom. The fraction of sp³-hybridized carbons (Fsp3) is 0. The summed E-state index contributed by atoms with van der Waals surface area (Å²) in [5.41, 5.74) is 13.8. The quantitative estimate of drug-likeness (QED) is 0.173. The monoisotopic (exact) mass is 639 g/mol. The van der Waals surface area contributed by atoms with Crippen LogP contribution in [0.25, 0.3) is 60.9 Å². The first-order valence-corrected chi connectivity index (χ1v) is 17.0. The zero-order valence-electron chi connectivity index (χ0n) is 27.4. The van der Waals surface area contributed by atoms with Crippen LogP contribution in [-0.2, 0) is 0 Å². The van der Waals surface area contributed by atoms with Crippen molar-refractivity contribution >= 4 is 38.9 Å². The lowest BCUT2D eigenvalue weighted by Crippen LogP contribution is -2.10. The minimum atomic E-state index is 1.01. The molecule has 3 nitrogen and oxygen atoms in total. The number of fused-ring (bicyclic) bond motifs is 3. The highest BCUT2D eigenvalue weighted by molar-refractivity contribution is 6.10. The molecule has 0 bridgehead atoms. The first-order valence-electron chi connectivity index (χ1n) is 17.0. The normalized spacial score (nSPS) is 11.2. The van der Waals surface area contributed by atoms with Crippen LogP contribution in [0.5, 0.6) is 0 Å². The molecule has 0 atom stereocenters. The van der Waals surface area contributed by atoms with Gasteiger partial charge in [-0.3, -0.25) is 4.98 Å². The van der Waals surface area contributed by atoms with Gasteiger partial charge in [0.15, 0.2) is 0 Å². The Kier molecular flexibility index (Phi) is 7.49. The van der Waals surface area contributed by atoms with E-state index in [1.165, 1.54) is 55.3 Å². The Morgan fingerprint density at radius 1 is 0.360 bits per heavy atom. The minimum absolute atomic E-state index is 1.01. The SMILES string of the molecule is c1ccc(-c2ccc(N(c3cccnc3)c3cccc(-c4cccc(-c5ccc6c(c5)c5ccccc5n6-c5ccccc5)c4)c3)cc2)cc1. The molecule has 0 saturated heterocycles. The van der Waals surface area contributed by atoms with Gasteiger partial charge in [-0.05, 0) is 106 Å². The summed E-state index contributed by atoms with van der Waals surface area (Å²) in [7, 11) is 0. The van der Waals surface area contributed by atoms with Crippen molar-refractivity contribution in [3.63, 3.8) is 0 Å². The Labute approximate surface area is 292 Å². The lowest BCUT2D eigenvalue weighted by Gasteiger charge is -2.26. The van der Waals surface area contributed by atoms with E-state index in [1.807, 2.05) is 18.5 Å². The van der Waals surface area contributed by atoms with E-state index in [4.69, 9.17) is 0 Å². The van der Waals surface area contributed by atoms with Crippen LogP contribution < -0.4 is 4.90 Å². The maximum atomic E-state index is 4.46. The molecule has 236 valence electrons. The summed E-state index contributed by atoms with van der Waals surface area (Å²) in [6, 6.07) is 67.2. The van der Waals surface area contributed by atoms with Gasteiger partial charge in [0.05, 0.1) is 22.9 Å². The van der Waals surface area contributed by atoms with Crippen molar-refractivity contribution in [2.75, 3.05) is 4.90 Å². The van der Waals surface area contributed by atoms with E-state index in [0.717, 1.165) is 22.6 Å². The van der Waals surface area contributed by atoms with Crippen LogP contribution in [0.4, 0.5) is 17.1 Å². The second-order valence-electron chi connectivity index (χ2n) is 12.5. The average molecular weight is 640 g/mol. The molecule has 50 heavy (non-hydrogen) atoms. The number of pyridine rings is 1. The number of hydrogen-bond acceptors (Lipinski definition) is 2. The molecular formula is C47H33N3. The zero-order chi connectivity index (χ0) is 33.3. The number of aromatic nitrogens is 2. The average Bonchev–Trinajstić information content (AvgIpc) is 3.53. The molecular weight excluding hydrogens is 607 g/mol. The van der Waals surface area contributed by atoms with Crippen LogP contribution >= 0.6 is 0 Å². The first-order chi connectivity index (χ1) is 24.8. The molecule has 0 fully saturated rings. The molecule has 0 aliphatic heterocycles. The molecule has 3 heteroatoms. The summed E-state index contributed by atoms with van der Waals surface area (Å²) in [6.07, 6.45) is 3.74. The number of rotatable bonds is 7. The predicted molar refractivity (Wildman–Crippen MR) is 210 cm³/mol. The van der Waals surface area contributed by atoms with Crippen molar-refractivity contribution in [2.45, 2.75) is 0 Å². The van der Waals surface area contributed by atoms with Crippen LogP contribution in [-0.4, -0.2) is 9.55 Å². The van der Waals surface area contributed by atoms with Crippen molar-refractivity contribution in [3.8, 4) is 39.1 Å². The van der Waals surface area contributed by atoms with E-state index in [-0.39, 0.29) is 0 Å². The predicted octanol–water partition coefficient (Wildman–Crippen LogP) is 12.6. The molecule has 0 aliphatic carbocycles. The van der Waals surface area contributed by atoms with Gasteiger partial charge in [0, 0.05) is 34.0 Å².